The first-order chi connectivity index (χ1) is 18.7. The molecule has 0 radical (unpaired) electrons. The van der Waals surface area contributed by atoms with Crippen LogP contribution in [0.4, 0.5) is 0 Å². The normalized spacial score (nSPS) is 13.5. The summed E-state index contributed by atoms with van der Waals surface area (Å²) in [7, 11) is 0. The molecule has 0 aromatic heterocycles. The number of phenols is 1. The third kappa shape index (κ3) is 12.5. The van der Waals surface area contributed by atoms with Gasteiger partial charge in [0.25, 0.3) is 0 Å². The number of benzene rings is 1. The van der Waals surface area contributed by atoms with Crippen molar-refractivity contribution in [3.05, 3.63) is 29.8 Å². The summed E-state index contributed by atoms with van der Waals surface area (Å²) in [5, 5.41) is 43.7. The lowest BCUT2D eigenvalue weighted by Crippen LogP contribution is -2.58. The van der Waals surface area contributed by atoms with Gasteiger partial charge >= 0.3 is 17.9 Å². The highest BCUT2D eigenvalue weighted by molar-refractivity contribution is 5.96. The van der Waals surface area contributed by atoms with Crippen LogP contribution in [0.15, 0.2) is 29.3 Å². The molecule has 0 aliphatic heterocycles. The fraction of sp³-hybridized carbons (Fsp3) is 0.435. The minimum absolute atomic E-state index is 0.0725. The maximum absolute atomic E-state index is 13.1. The van der Waals surface area contributed by atoms with Crippen LogP contribution in [0.25, 0.3) is 0 Å². The summed E-state index contributed by atoms with van der Waals surface area (Å²) in [6.07, 6.45) is -1.83. The molecule has 4 unspecified atom stereocenters. The third-order valence-electron chi connectivity index (χ3n) is 5.31. The van der Waals surface area contributed by atoms with Crippen LogP contribution in [0.1, 0.15) is 31.2 Å². The zero-order valence-corrected chi connectivity index (χ0v) is 21.3. The molecule has 1 rings (SSSR count). The Bertz CT molecular complexity index is 1110. The lowest BCUT2D eigenvalue weighted by Gasteiger charge is -2.24. The molecule has 40 heavy (non-hydrogen) atoms. The lowest BCUT2D eigenvalue weighted by atomic mass is 10.0. The molecule has 17 heteroatoms. The van der Waals surface area contributed by atoms with Crippen molar-refractivity contribution in [2.24, 2.45) is 22.2 Å². The van der Waals surface area contributed by atoms with Gasteiger partial charge in [0, 0.05) is 13.0 Å². The molecule has 0 fully saturated rings. The van der Waals surface area contributed by atoms with Gasteiger partial charge in [0.05, 0.1) is 18.9 Å². The number of carbonyl (C=O) groups excluding carboxylic acids is 3. The maximum Gasteiger partial charge on any atom is 0.326 e. The van der Waals surface area contributed by atoms with E-state index >= 15 is 0 Å². The second-order valence-electron chi connectivity index (χ2n) is 8.64. The van der Waals surface area contributed by atoms with E-state index in [0.717, 1.165) is 0 Å². The van der Waals surface area contributed by atoms with Gasteiger partial charge in [0.2, 0.25) is 17.7 Å². The number of carboxylic acid groups (broad SMARTS) is 3. The molecule has 1 aromatic rings. The van der Waals surface area contributed by atoms with Gasteiger partial charge in [-0.25, -0.2) is 4.79 Å². The molecule has 0 spiro atoms. The maximum atomic E-state index is 13.1. The van der Waals surface area contributed by atoms with E-state index in [4.69, 9.17) is 22.3 Å². The number of carbonyl (C=O) groups is 6. The number of nitrogens with one attached hydrogen (secondary N) is 3. The first kappa shape index (κ1) is 33.1. The summed E-state index contributed by atoms with van der Waals surface area (Å²) in [4.78, 5) is 75.9. The van der Waals surface area contributed by atoms with Crippen molar-refractivity contribution in [3.8, 4) is 5.75 Å². The lowest BCUT2D eigenvalue weighted by molar-refractivity contribution is -0.143. The van der Waals surface area contributed by atoms with Crippen molar-refractivity contribution >= 4 is 41.6 Å². The van der Waals surface area contributed by atoms with E-state index in [2.05, 4.69) is 20.9 Å². The van der Waals surface area contributed by atoms with Gasteiger partial charge in [0.15, 0.2) is 5.96 Å². The summed E-state index contributed by atoms with van der Waals surface area (Å²) < 4.78 is 0. The van der Waals surface area contributed by atoms with Crippen LogP contribution in [0.3, 0.4) is 0 Å². The average Bonchev–Trinajstić information content (AvgIpc) is 2.85. The number of nitrogens with zero attached hydrogens (tertiary/aromatic N) is 1. The molecular weight excluding hydrogens is 534 g/mol. The third-order valence-corrected chi connectivity index (χ3v) is 5.31. The minimum atomic E-state index is -1.75. The van der Waals surface area contributed by atoms with Gasteiger partial charge < -0.3 is 53.6 Å². The quantitative estimate of drug-likeness (QED) is 0.0504. The van der Waals surface area contributed by atoms with Crippen LogP contribution in [-0.4, -0.2) is 92.7 Å². The number of aliphatic carboxylic acids is 3. The van der Waals surface area contributed by atoms with Gasteiger partial charge in [-0.1, -0.05) is 12.1 Å². The van der Waals surface area contributed by atoms with Gasteiger partial charge in [-0.15, -0.1) is 0 Å². The van der Waals surface area contributed by atoms with Crippen molar-refractivity contribution in [3.63, 3.8) is 0 Å². The molecule has 0 aliphatic rings. The van der Waals surface area contributed by atoms with E-state index in [-0.39, 0.29) is 37.5 Å². The first-order valence-corrected chi connectivity index (χ1v) is 11.9. The number of phenolic OH excluding ortho intramolecular Hbond substituents is 1. The Morgan fingerprint density at radius 2 is 1.30 bits per heavy atom. The Kier molecular flexibility index (Phi) is 13.3. The van der Waals surface area contributed by atoms with Crippen LogP contribution >= 0.6 is 0 Å². The molecule has 4 atom stereocenters. The van der Waals surface area contributed by atoms with Crippen LogP contribution in [0, 0.1) is 0 Å². The number of hydrogen-bond acceptors (Lipinski definition) is 9. The SMILES string of the molecule is NC(N)=NCCCC(NC(=O)C(Cc1ccc(O)cc1)NC(=O)C(CC(=O)O)NC(=O)C(N)CC(=O)O)C(=O)O. The van der Waals surface area contributed by atoms with Crippen LogP contribution in [-0.2, 0) is 35.2 Å². The second kappa shape index (κ2) is 16.1. The highest BCUT2D eigenvalue weighted by Gasteiger charge is 2.32. The van der Waals surface area contributed by atoms with Crippen LogP contribution in [0.5, 0.6) is 5.75 Å². The first-order valence-electron chi connectivity index (χ1n) is 11.9. The Morgan fingerprint density at radius 1 is 0.775 bits per heavy atom. The van der Waals surface area contributed by atoms with E-state index in [1.165, 1.54) is 24.3 Å². The highest BCUT2D eigenvalue weighted by atomic mass is 16.4. The number of carboxylic acids is 3. The fourth-order valence-corrected chi connectivity index (χ4v) is 3.33. The van der Waals surface area contributed by atoms with E-state index in [1.807, 2.05) is 0 Å². The summed E-state index contributed by atoms with van der Waals surface area (Å²) >= 11 is 0. The molecule has 1 aromatic carbocycles. The highest BCUT2D eigenvalue weighted by Crippen LogP contribution is 2.12. The molecule has 0 saturated heterocycles. The molecule has 0 saturated carbocycles. The van der Waals surface area contributed by atoms with Gasteiger partial charge in [-0.05, 0) is 30.5 Å². The minimum Gasteiger partial charge on any atom is -0.508 e. The molecule has 0 aliphatic carbocycles. The molecule has 220 valence electrons. The second-order valence-corrected chi connectivity index (χ2v) is 8.64. The summed E-state index contributed by atoms with van der Waals surface area (Å²) in [6.45, 7) is 0.0935. The fourth-order valence-electron chi connectivity index (χ4n) is 3.33. The standard InChI is InChI=1S/C23H33N7O10/c24-13(9-17(32)33)19(36)29-16(10-18(34)35)21(38)30-15(8-11-3-5-12(31)6-4-11)20(37)28-14(22(39)40)2-1-7-27-23(25)26/h3-6,13-16,31H,1-2,7-10,24H2,(H,28,37)(H,29,36)(H,30,38)(H,32,33)(H,34,35)(H,39,40)(H4,25,26,27). The van der Waals surface area contributed by atoms with Gasteiger partial charge in [-0.2, -0.15) is 0 Å². The van der Waals surface area contributed by atoms with Crippen LogP contribution in [0.2, 0.25) is 0 Å². The van der Waals surface area contributed by atoms with E-state index in [1.54, 1.807) is 0 Å². The van der Waals surface area contributed by atoms with E-state index < -0.39 is 72.6 Å². The smallest absolute Gasteiger partial charge is 0.326 e. The number of rotatable bonds is 17. The Balaban J connectivity index is 3.15. The average molecular weight is 568 g/mol. The van der Waals surface area contributed by atoms with Crippen LogP contribution < -0.4 is 33.2 Å². The Morgan fingerprint density at radius 3 is 1.82 bits per heavy atom. The summed E-state index contributed by atoms with van der Waals surface area (Å²) in [6, 6.07) is -0.703. The topological polar surface area (TPSA) is 310 Å². The van der Waals surface area contributed by atoms with Crippen molar-refractivity contribution in [1.82, 2.24) is 16.0 Å². The Hall–Kier alpha value is -4.93. The molecule has 0 heterocycles. The predicted molar refractivity (Wildman–Crippen MR) is 138 cm³/mol. The van der Waals surface area contributed by atoms with Crippen molar-refractivity contribution < 1.29 is 49.2 Å². The monoisotopic (exact) mass is 567 g/mol. The largest absolute Gasteiger partial charge is 0.508 e. The summed E-state index contributed by atoms with van der Waals surface area (Å²) in [5.74, 6) is -7.75. The molecule has 0 bridgehead atoms. The molecule has 3 amide bonds. The van der Waals surface area contributed by atoms with Crippen molar-refractivity contribution in [2.75, 3.05) is 6.54 Å². The number of guanidine groups is 1. The number of nitrogens with two attached hydrogens (primary N) is 3. The zero-order chi connectivity index (χ0) is 30.4. The number of aliphatic imine (C=N–C) groups is 1. The van der Waals surface area contributed by atoms with Gasteiger partial charge in [-0.3, -0.25) is 29.0 Å². The van der Waals surface area contributed by atoms with Crippen molar-refractivity contribution in [2.45, 2.75) is 56.3 Å². The van der Waals surface area contributed by atoms with E-state index in [9.17, 15) is 44.1 Å². The summed E-state index contributed by atoms with van der Waals surface area (Å²) in [5.41, 5.74) is 16.4. The molecular formula is C23H33N7O10. The molecule has 17 nitrogen and oxygen atoms in total. The zero-order valence-electron chi connectivity index (χ0n) is 21.3. The number of aromatic hydroxyl groups is 1. The number of hydrogen-bond donors (Lipinski definition) is 10. The van der Waals surface area contributed by atoms with Crippen molar-refractivity contribution in [1.29, 1.82) is 0 Å². The predicted octanol–water partition coefficient (Wildman–Crippen LogP) is -3.20. The van der Waals surface area contributed by atoms with E-state index in [0.29, 0.717) is 5.56 Å². The number of amides is 3. The molecule has 13 N–H and O–H groups in total. The van der Waals surface area contributed by atoms with Gasteiger partial charge in [0.1, 0.15) is 23.9 Å². The Labute approximate surface area is 227 Å².